The van der Waals surface area contributed by atoms with E-state index in [1.165, 1.54) is 83.5 Å². The molecule has 6 nitrogen and oxygen atoms in total. The van der Waals surface area contributed by atoms with Gasteiger partial charge in [0.15, 0.2) is 6.10 Å². The molecule has 0 aliphatic rings. The molecule has 454 valence electrons. The van der Waals surface area contributed by atoms with E-state index in [0.717, 1.165) is 141 Å². The first kappa shape index (κ1) is 75.8. The van der Waals surface area contributed by atoms with E-state index in [1.807, 2.05) is 6.08 Å². The fraction of sp³-hybridized carbons (Fsp3) is 0.587. The highest BCUT2D eigenvalue weighted by molar-refractivity contribution is 5.72. The van der Waals surface area contributed by atoms with Crippen LogP contribution >= 0.6 is 0 Å². The molecule has 1 unspecified atom stereocenters. The number of carbonyl (C=O) groups excluding carboxylic acids is 3. The zero-order valence-electron chi connectivity index (χ0n) is 52.0. The Labute approximate surface area is 498 Å². The lowest BCUT2D eigenvalue weighted by molar-refractivity contribution is -0.166. The Balaban J connectivity index is 4.44. The molecule has 0 N–H and O–H groups in total. The molecule has 0 bridgehead atoms. The molecule has 0 heterocycles. The van der Waals surface area contributed by atoms with Crippen LogP contribution in [0.3, 0.4) is 0 Å². The molecule has 0 aromatic heterocycles. The van der Waals surface area contributed by atoms with Crippen LogP contribution in [0, 0.1) is 0 Å². The summed E-state index contributed by atoms with van der Waals surface area (Å²) in [5, 5.41) is 0. The minimum atomic E-state index is -0.837. The van der Waals surface area contributed by atoms with Gasteiger partial charge in [0.05, 0.1) is 6.42 Å². The van der Waals surface area contributed by atoms with Crippen LogP contribution in [-0.4, -0.2) is 37.2 Å². The summed E-state index contributed by atoms with van der Waals surface area (Å²) in [6.45, 7) is 6.28. The highest BCUT2D eigenvalue weighted by atomic mass is 16.6. The first-order valence-corrected chi connectivity index (χ1v) is 32.6. The first-order valence-electron chi connectivity index (χ1n) is 32.6. The summed E-state index contributed by atoms with van der Waals surface area (Å²) in [7, 11) is 0. The van der Waals surface area contributed by atoms with Gasteiger partial charge < -0.3 is 14.2 Å². The van der Waals surface area contributed by atoms with Crippen molar-refractivity contribution < 1.29 is 28.6 Å². The molecule has 0 spiro atoms. The number of ether oxygens (including phenoxy) is 3. The molecule has 0 saturated heterocycles. The molecular formula is C75H118O6. The number of rotatable bonds is 57. The molecule has 0 fully saturated rings. The van der Waals surface area contributed by atoms with Gasteiger partial charge in [-0.25, -0.2) is 0 Å². The normalized spacial score (nSPS) is 13.3. The van der Waals surface area contributed by atoms with E-state index in [9.17, 15) is 14.4 Å². The van der Waals surface area contributed by atoms with Crippen LogP contribution in [-0.2, 0) is 28.6 Å². The van der Waals surface area contributed by atoms with Crippen molar-refractivity contribution >= 4 is 17.9 Å². The Kier molecular flexibility index (Phi) is 62.9. The molecule has 0 aliphatic carbocycles. The van der Waals surface area contributed by atoms with E-state index in [0.29, 0.717) is 6.42 Å². The topological polar surface area (TPSA) is 78.9 Å². The van der Waals surface area contributed by atoms with Gasteiger partial charge in [-0.15, -0.1) is 0 Å². The minimum Gasteiger partial charge on any atom is -0.462 e. The van der Waals surface area contributed by atoms with Gasteiger partial charge in [0, 0.05) is 12.8 Å². The van der Waals surface area contributed by atoms with Gasteiger partial charge >= 0.3 is 17.9 Å². The van der Waals surface area contributed by atoms with Crippen molar-refractivity contribution in [3.8, 4) is 0 Å². The molecule has 0 saturated carbocycles. The fourth-order valence-corrected chi connectivity index (χ4v) is 8.41. The van der Waals surface area contributed by atoms with Crippen LogP contribution in [0.2, 0.25) is 0 Å². The maximum atomic E-state index is 12.9. The van der Waals surface area contributed by atoms with Crippen molar-refractivity contribution in [1.29, 1.82) is 0 Å². The van der Waals surface area contributed by atoms with Crippen LogP contribution in [0.25, 0.3) is 0 Å². The average Bonchev–Trinajstić information content (AvgIpc) is 3.47. The fourth-order valence-electron chi connectivity index (χ4n) is 8.41. The van der Waals surface area contributed by atoms with Crippen molar-refractivity contribution in [2.45, 2.75) is 271 Å². The number of carbonyl (C=O) groups is 3. The molecule has 81 heavy (non-hydrogen) atoms. The van der Waals surface area contributed by atoms with E-state index in [1.54, 1.807) is 6.08 Å². The molecular weight excluding hydrogens is 997 g/mol. The van der Waals surface area contributed by atoms with Crippen LogP contribution in [0.15, 0.2) is 170 Å². The lowest BCUT2D eigenvalue weighted by atomic mass is 10.1. The zero-order chi connectivity index (χ0) is 58.5. The van der Waals surface area contributed by atoms with Crippen molar-refractivity contribution in [2.75, 3.05) is 13.2 Å². The average molecular weight is 1120 g/mol. The van der Waals surface area contributed by atoms with E-state index < -0.39 is 12.1 Å². The number of unbranched alkanes of at least 4 members (excludes halogenated alkanes) is 19. The van der Waals surface area contributed by atoms with Crippen LogP contribution in [0.4, 0.5) is 0 Å². The van der Waals surface area contributed by atoms with Gasteiger partial charge in [-0.3, -0.25) is 14.4 Å². The van der Waals surface area contributed by atoms with Crippen molar-refractivity contribution in [3.63, 3.8) is 0 Å². The second kappa shape index (κ2) is 67.3. The lowest BCUT2D eigenvalue weighted by Crippen LogP contribution is -2.30. The molecule has 0 amide bonds. The number of allylic oxidation sites excluding steroid dienone is 27. The lowest BCUT2D eigenvalue weighted by Gasteiger charge is -2.18. The second-order valence-electron chi connectivity index (χ2n) is 20.9. The number of hydrogen-bond donors (Lipinski definition) is 0. The molecule has 0 aromatic rings. The molecule has 0 aliphatic heterocycles. The van der Waals surface area contributed by atoms with E-state index in [2.05, 4.69) is 179 Å². The van der Waals surface area contributed by atoms with Crippen molar-refractivity contribution in [3.05, 3.63) is 170 Å². The van der Waals surface area contributed by atoms with E-state index in [-0.39, 0.29) is 38.0 Å². The molecule has 0 rings (SSSR count). The number of esters is 3. The molecule has 6 heteroatoms. The van der Waals surface area contributed by atoms with E-state index >= 15 is 0 Å². The Morgan fingerprint density at radius 2 is 0.531 bits per heavy atom. The SMILES string of the molecule is CC/C=C\C/C=C\C/C=C\C/C=C\C/C=C\C/C=C\CCCCCCCCCCCCC(=O)OCC(COC(=O)C/C=C\C/C=C\C/C=C\C/C=C\C/C=C\CC)OC(=O)CCCCCCCC/C=C\C/C=C\C/C=C\CCCCC. The predicted octanol–water partition coefficient (Wildman–Crippen LogP) is 22.7. The maximum Gasteiger partial charge on any atom is 0.309 e. The molecule has 0 aromatic carbocycles. The highest BCUT2D eigenvalue weighted by Gasteiger charge is 2.19. The number of hydrogen-bond acceptors (Lipinski definition) is 6. The first-order chi connectivity index (χ1) is 40.0. The molecule has 1 atom stereocenters. The van der Waals surface area contributed by atoms with E-state index in [4.69, 9.17) is 14.2 Å². The summed E-state index contributed by atoms with van der Waals surface area (Å²) in [5.41, 5.74) is 0. The largest absolute Gasteiger partial charge is 0.462 e. The van der Waals surface area contributed by atoms with Crippen LogP contribution in [0.5, 0.6) is 0 Å². The van der Waals surface area contributed by atoms with Gasteiger partial charge in [-0.2, -0.15) is 0 Å². The quantitative estimate of drug-likeness (QED) is 0.0261. The Morgan fingerprint density at radius 3 is 0.864 bits per heavy atom. The van der Waals surface area contributed by atoms with Gasteiger partial charge in [0.1, 0.15) is 13.2 Å². The smallest absolute Gasteiger partial charge is 0.309 e. The van der Waals surface area contributed by atoms with Crippen LogP contribution < -0.4 is 0 Å². The predicted molar refractivity (Wildman–Crippen MR) is 352 cm³/mol. The highest BCUT2D eigenvalue weighted by Crippen LogP contribution is 2.15. The summed E-state index contributed by atoms with van der Waals surface area (Å²) in [6, 6.07) is 0. The summed E-state index contributed by atoms with van der Waals surface area (Å²) in [5.74, 6) is -1.08. The zero-order valence-corrected chi connectivity index (χ0v) is 52.0. The summed E-state index contributed by atoms with van der Waals surface area (Å²) in [4.78, 5) is 38.3. The van der Waals surface area contributed by atoms with Crippen molar-refractivity contribution in [1.82, 2.24) is 0 Å². The monoisotopic (exact) mass is 1110 g/mol. The summed E-state index contributed by atoms with van der Waals surface area (Å²) < 4.78 is 16.8. The van der Waals surface area contributed by atoms with Crippen molar-refractivity contribution in [2.24, 2.45) is 0 Å². The Hall–Kier alpha value is -5.23. The third-order valence-corrected chi connectivity index (χ3v) is 13.2. The van der Waals surface area contributed by atoms with Gasteiger partial charge in [-0.1, -0.05) is 281 Å². The Bertz CT molecular complexity index is 1860. The minimum absolute atomic E-state index is 0.116. The maximum absolute atomic E-state index is 12.9. The standard InChI is InChI=1S/C75H118O6/c1-4-7-10-13-16-19-22-25-28-30-32-33-34-35-36-37-38-39-40-41-43-44-47-50-53-56-59-62-65-68-74(77)80-71-72(70-79-73(76)67-64-61-58-55-52-49-46-27-24-21-18-15-12-9-6-3)81-75(78)69-66-63-60-57-54-51-48-45-42-31-29-26-23-20-17-14-11-8-5-2/h7,9-10,12,16-21,25-29,32-33,35-36,38-39,42,45-46,52,55,61,64,72H,4-6,8,11,13-15,22-24,30-31,34,37,40-41,43-44,47-51,53-54,56-60,62-63,65-71H2,1-3H3/b10-7-,12-9-,19-16-,20-17-,21-18-,28-25-,29-26-,33-32-,36-35-,39-38-,45-42-,46-27-,55-52-,64-61-. The third kappa shape index (κ3) is 65.5. The Morgan fingerprint density at radius 1 is 0.272 bits per heavy atom. The summed E-state index contributed by atoms with van der Waals surface area (Å²) >= 11 is 0. The molecule has 0 radical (unpaired) electrons. The third-order valence-electron chi connectivity index (χ3n) is 13.2. The van der Waals surface area contributed by atoms with Gasteiger partial charge in [-0.05, 0) is 135 Å². The van der Waals surface area contributed by atoms with Crippen LogP contribution in [0.1, 0.15) is 265 Å². The van der Waals surface area contributed by atoms with Gasteiger partial charge in [0.2, 0.25) is 0 Å². The summed E-state index contributed by atoms with van der Waals surface area (Å²) in [6.07, 6.45) is 99.5. The van der Waals surface area contributed by atoms with Gasteiger partial charge in [0.25, 0.3) is 0 Å². The second-order valence-corrected chi connectivity index (χ2v) is 20.9.